The average Bonchev–Trinajstić information content (AvgIpc) is 2.75. The second-order valence-corrected chi connectivity index (χ2v) is 7.55. The summed E-state index contributed by atoms with van der Waals surface area (Å²) in [4.78, 5) is 0. The lowest BCUT2D eigenvalue weighted by atomic mass is 10.1. The molecule has 3 nitrogen and oxygen atoms in total. The van der Waals surface area contributed by atoms with E-state index < -0.39 is 0 Å². The predicted molar refractivity (Wildman–Crippen MR) is 89.8 cm³/mol. The van der Waals surface area contributed by atoms with E-state index in [0.717, 1.165) is 29.6 Å². The highest BCUT2D eigenvalue weighted by molar-refractivity contribution is 9.10. The predicted octanol–water partition coefficient (Wildman–Crippen LogP) is 4.28. The van der Waals surface area contributed by atoms with Crippen molar-refractivity contribution in [3.8, 4) is 5.75 Å². The van der Waals surface area contributed by atoms with Crippen molar-refractivity contribution in [3.63, 3.8) is 0 Å². The molecule has 1 aliphatic rings. The Morgan fingerprint density at radius 3 is 2.81 bits per heavy atom. The minimum Gasteiger partial charge on any atom is -0.491 e. The van der Waals surface area contributed by atoms with Gasteiger partial charge in [-0.2, -0.15) is 0 Å². The molecule has 1 fully saturated rings. The highest BCUT2D eigenvalue weighted by atomic mass is 79.9. The van der Waals surface area contributed by atoms with Crippen LogP contribution in [0.2, 0.25) is 0 Å². The summed E-state index contributed by atoms with van der Waals surface area (Å²) in [6.07, 6.45) is 2.38. The van der Waals surface area contributed by atoms with E-state index in [4.69, 9.17) is 9.47 Å². The van der Waals surface area contributed by atoms with Gasteiger partial charge in [-0.25, -0.2) is 0 Å². The fraction of sp³-hybridized carbons (Fsp3) is 0.647. The Morgan fingerprint density at radius 2 is 2.19 bits per heavy atom. The number of hydrogen-bond donors (Lipinski definition) is 1. The lowest BCUT2D eigenvalue weighted by Crippen LogP contribution is -2.25. The minimum absolute atomic E-state index is 0.00420. The van der Waals surface area contributed by atoms with Crippen molar-refractivity contribution in [1.82, 2.24) is 5.32 Å². The van der Waals surface area contributed by atoms with E-state index in [1.165, 1.54) is 5.56 Å². The summed E-state index contributed by atoms with van der Waals surface area (Å²) in [5, 5.41) is 3.44. The number of rotatable bonds is 6. The van der Waals surface area contributed by atoms with E-state index in [2.05, 4.69) is 55.0 Å². The lowest BCUT2D eigenvalue weighted by molar-refractivity contribution is -0.0327. The van der Waals surface area contributed by atoms with Crippen LogP contribution in [-0.2, 0) is 11.3 Å². The van der Waals surface area contributed by atoms with Crippen molar-refractivity contribution in [2.75, 3.05) is 6.61 Å². The number of benzene rings is 1. The van der Waals surface area contributed by atoms with Crippen LogP contribution >= 0.6 is 15.9 Å². The Labute approximate surface area is 136 Å². The van der Waals surface area contributed by atoms with Gasteiger partial charge in [-0.3, -0.25) is 0 Å². The van der Waals surface area contributed by atoms with Crippen molar-refractivity contribution < 1.29 is 9.47 Å². The Morgan fingerprint density at radius 1 is 1.43 bits per heavy atom. The smallest absolute Gasteiger partial charge is 0.124 e. The largest absolute Gasteiger partial charge is 0.491 e. The molecule has 4 heteroatoms. The molecule has 2 rings (SSSR count). The molecule has 21 heavy (non-hydrogen) atoms. The van der Waals surface area contributed by atoms with Crippen LogP contribution < -0.4 is 10.1 Å². The molecule has 1 atom stereocenters. The van der Waals surface area contributed by atoms with Crippen LogP contribution in [-0.4, -0.2) is 24.4 Å². The van der Waals surface area contributed by atoms with Gasteiger partial charge in [-0.15, -0.1) is 0 Å². The van der Waals surface area contributed by atoms with Gasteiger partial charge in [0.15, 0.2) is 0 Å². The SMILES string of the molecule is CC(C)NCc1cc(Br)ccc1OCC1CCC(C)(C)O1. The summed E-state index contributed by atoms with van der Waals surface area (Å²) in [5.41, 5.74) is 1.17. The van der Waals surface area contributed by atoms with Crippen LogP contribution in [0.3, 0.4) is 0 Å². The first-order valence-electron chi connectivity index (χ1n) is 7.68. The molecule has 0 saturated carbocycles. The molecule has 0 aliphatic carbocycles. The van der Waals surface area contributed by atoms with Crippen molar-refractivity contribution >= 4 is 15.9 Å². The van der Waals surface area contributed by atoms with E-state index in [0.29, 0.717) is 12.6 Å². The zero-order valence-corrected chi connectivity index (χ0v) is 15.0. The zero-order valence-electron chi connectivity index (χ0n) is 13.4. The molecule has 1 heterocycles. The zero-order chi connectivity index (χ0) is 15.5. The molecular formula is C17H26BrNO2. The van der Waals surface area contributed by atoms with Crippen LogP contribution in [0.1, 0.15) is 46.1 Å². The van der Waals surface area contributed by atoms with Crippen molar-refractivity contribution in [2.24, 2.45) is 0 Å². The monoisotopic (exact) mass is 355 g/mol. The third kappa shape index (κ3) is 5.28. The number of nitrogens with one attached hydrogen (secondary N) is 1. The maximum atomic E-state index is 6.02. The van der Waals surface area contributed by atoms with Gasteiger partial charge in [0, 0.05) is 22.6 Å². The van der Waals surface area contributed by atoms with Gasteiger partial charge in [0.25, 0.3) is 0 Å². The van der Waals surface area contributed by atoms with Crippen LogP contribution in [0.25, 0.3) is 0 Å². The Kier molecular flexibility index (Phi) is 5.69. The molecule has 1 aromatic carbocycles. The van der Waals surface area contributed by atoms with E-state index in [1.54, 1.807) is 0 Å². The average molecular weight is 356 g/mol. The topological polar surface area (TPSA) is 30.5 Å². The van der Waals surface area contributed by atoms with Gasteiger partial charge in [-0.1, -0.05) is 29.8 Å². The maximum absolute atomic E-state index is 6.02. The molecule has 0 amide bonds. The first-order valence-corrected chi connectivity index (χ1v) is 8.47. The minimum atomic E-state index is -0.00420. The second-order valence-electron chi connectivity index (χ2n) is 6.64. The summed E-state index contributed by atoms with van der Waals surface area (Å²) in [7, 11) is 0. The van der Waals surface area contributed by atoms with Gasteiger partial charge in [-0.05, 0) is 44.9 Å². The van der Waals surface area contributed by atoms with E-state index in [1.807, 2.05) is 12.1 Å². The third-order valence-corrected chi connectivity index (χ3v) is 4.20. The van der Waals surface area contributed by atoms with Gasteiger partial charge in [0.05, 0.1) is 11.7 Å². The molecule has 1 N–H and O–H groups in total. The van der Waals surface area contributed by atoms with Gasteiger partial charge in [0.2, 0.25) is 0 Å². The third-order valence-electron chi connectivity index (χ3n) is 3.70. The van der Waals surface area contributed by atoms with Crippen LogP contribution in [0, 0.1) is 0 Å². The maximum Gasteiger partial charge on any atom is 0.124 e. The van der Waals surface area contributed by atoms with Crippen LogP contribution in [0.15, 0.2) is 22.7 Å². The summed E-state index contributed by atoms with van der Waals surface area (Å²) in [5.74, 6) is 0.944. The lowest BCUT2D eigenvalue weighted by Gasteiger charge is -2.20. The highest BCUT2D eigenvalue weighted by Gasteiger charge is 2.32. The van der Waals surface area contributed by atoms with Crippen molar-refractivity contribution in [3.05, 3.63) is 28.2 Å². The van der Waals surface area contributed by atoms with Gasteiger partial charge < -0.3 is 14.8 Å². The standard InChI is InChI=1S/C17H26BrNO2/c1-12(2)19-10-13-9-14(18)5-6-16(13)20-11-15-7-8-17(3,4)21-15/h5-6,9,12,15,19H,7-8,10-11H2,1-4H3. The van der Waals surface area contributed by atoms with E-state index >= 15 is 0 Å². The van der Waals surface area contributed by atoms with Gasteiger partial charge in [0.1, 0.15) is 12.4 Å². The van der Waals surface area contributed by atoms with Crippen molar-refractivity contribution in [1.29, 1.82) is 0 Å². The molecule has 1 saturated heterocycles. The quantitative estimate of drug-likeness (QED) is 0.825. The highest BCUT2D eigenvalue weighted by Crippen LogP contribution is 2.30. The molecule has 1 aromatic rings. The fourth-order valence-electron chi connectivity index (χ4n) is 2.52. The van der Waals surface area contributed by atoms with Crippen LogP contribution in [0.4, 0.5) is 0 Å². The summed E-state index contributed by atoms with van der Waals surface area (Å²) in [6.45, 7) is 10.0. The molecule has 0 spiro atoms. The summed E-state index contributed by atoms with van der Waals surface area (Å²) >= 11 is 3.53. The molecular weight excluding hydrogens is 330 g/mol. The fourth-order valence-corrected chi connectivity index (χ4v) is 2.93. The molecule has 0 aromatic heterocycles. The normalized spacial score (nSPS) is 21.0. The van der Waals surface area contributed by atoms with E-state index in [9.17, 15) is 0 Å². The second kappa shape index (κ2) is 7.12. The first kappa shape index (κ1) is 16.8. The molecule has 1 unspecified atom stereocenters. The number of ether oxygens (including phenoxy) is 2. The molecule has 0 bridgehead atoms. The Hall–Kier alpha value is -0.580. The van der Waals surface area contributed by atoms with Crippen LogP contribution in [0.5, 0.6) is 5.75 Å². The molecule has 118 valence electrons. The molecule has 0 radical (unpaired) electrons. The summed E-state index contributed by atoms with van der Waals surface area (Å²) in [6, 6.07) is 6.62. The molecule has 1 aliphatic heterocycles. The summed E-state index contributed by atoms with van der Waals surface area (Å²) < 4.78 is 13.1. The van der Waals surface area contributed by atoms with Crippen molar-refractivity contribution in [2.45, 2.75) is 64.8 Å². The first-order chi connectivity index (χ1) is 9.85. The van der Waals surface area contributed by atoms with E-state index in [-0.39, 0.29) is 11.7 Å². The Bertz CT molecular complexity index is 474. The Balaban J connectivity index is 1.95. The van der Waals surface area contributed by atoms with Gasteiger partial charge >= 0.3 is 0 Å². The number of halogens is 1. The number of hydrogen-bond acceptors (Lipinski definition) is 3.